The molecule has 3 aromatic rings. The van der Waals surface area contributed by atoms with E-state index in [0.29, 0.717) is 47.6 Å². The van der Waals surface area contributed by atoms with Crippen LogP contribution in [-0.4, -0.2) is 50.9 Å². The topological polar surface area (TPSA) is 115 Å². The highest BCUT2D eigenvalue weighted by Gasteiger charge is 2.27. The van der Waals surface area contributed by atoms with E-state index >= 15 is 0 Å². The van der Waals surface area contributed by atoms with Crippen molar-refractivity contribution in [2.75, 3.05) is 13.1 Å². The van der Waals surface area contributed by atoms with Crippen LogP contribution >= 0.6 is 0 Å². The molecule has 8 heteroatoms. The van der Waals surface area contributed by atoms with Crippen LogP contribution in [0.25, 0.3) is 22.5 Å². The molecule has 170 valence electrons. The first-order valence-corrected chi connectivity index (χ1v) is 10.9. The number of aryl methyl sites for hydroxylation is 1. The number of carbonyl (C=O) groups is 2. The molecule has 1 atom stereocenters. The number of nitrogens with zero attached hydrogens (tertiary/aromatic N) is 2. The molecule has 0 saturated carbocycles. The summed E-state index contributed by atoms with van der Waals surface area (Å²) in [6.45, 7) is 4.63. The molecule has 2 aromatic carbocycles. The van der Waals surface area contributed by atoms with Gasteiger partial charge in [-0.2, -0.15) is 4.98 Å². The van der Waals surface area contributed by atoms with Gasteiger partial charge in [-0.05, 0) is 60.9 Å². The molecule has 0 spiro atoms. The molecule has 1 aliphatic rings. The number of H-pyrrole nitrogens is 1. The zero-order valence-corrected chi connectivity index (χ0v) is 18.6. The minimum atomic E-state index is -0.501. The molecule has 0 aliphatic carbocycles. The first kappa shape index (κ1) is 22.3. The number of likely N-dealkylation sites (tertiary alicyclic amines) is 1. The molecule has 3 N–H and O–H groups in total. The van der Waals surface area contributed by atoms with Crippen LogP contribution < -0.4 is 11.0 Å². The van der Waals surface area contributed by atoms with Crippen molar-refractivity contribution in [1.29, 1.82) is 0 Å². The second-order valence-corrected chi connectivity index (χ2v) is 8.23. The number of hydrogen-bond acceptors (Lipinski definition) is 5. The monoisotopic (exact) mass is 446 g/mol. The van der Waals surface area contributed by atoms with Gasteiger partial charge in [-0.3, -0.25) is 9.59 Å². The first-order chi connectivity index (χ1) is 15.8. The van der Waals surface area contributed by atoms with Gasteiger partial charge in [0.1, 0.15) is 5.75 Å². The predicted octanol–water partition coefficient (Wildman–Crippen LogP) is 2.86. The number of carbonyl (C=O) groups excluding carboxylic acids is 2. The normalized spacial score (nSPS) is 15.5. The van der Waals surface area contributed by atoms with Gasteiger partial charge in [0.2, 0.25) is 5.91 Å². The standard InChI is InChI=1S/C25H26N4O4/c1-3-23(31)26-19-9-10-29(14-19)24(32)18-6-4-5-16(12-18)20-13-21(28-25(33)27-20)17-7-8-22(30)15(2)11-17/h4-8,11-13,19,30H,3,9-10,14H2,1-2H3,(H,26,31)(H,27,28,33). The number of benzene rings is 2. The second-order valence-electron chi connectivity index (χ2n) is 8.23. The maximum absolute atomic E-state index is 13.1. The summed E-state index contributed by atoms with van der Waals surface area (Å²) in [7, 11) is 0. The fourth-order valence-electron chi connectivity index (χ4n) is 3.97. The van der Waals surface area contributed by atoms with E-state index in [-0.39, 0.29) is 23.6 Å². The number of amides is 2. The highest BCUT2D eigenvalue weighted by molar-refractivity contribution is 5.95. The molecule has 1 aliphatic heterocycles. The van der Waals surface area contributed by atoms with E-state index in [1.165, 1.54) is 0 Å². The van der Waals surface area contributed by atoms with Gasteiger partial charge in [0.25, 0.3) is 5.91 Å². The largest absolute Gasteiger partial charge is 0.508 e. The summed E-state index contributed by atoms with van der Waals surface area (Å²) in [5, 5.41) is 12.7. The number of nitrogens with one attached hydrogen (secondary N) is 2. The summed E-state index contributed by atoms with van der Waals surface area (Å²) in [6, 6.07) is 13.8. The van der Waals surface area contributed by atoms with Crippen LogP contribution in [0.15, 0.2) is 53.3 Å². The smallest absolute Gasteiger partial charge is 0.345 e. The van der Waals surface area contributed by atoms with E-state index in [0.717, 1.165) is 12.0 Å². The Morgan fingerprint density at radius 2 is 2.00 bits per heavy atom. The van der Waals surface area contributed by atoms with E-state index < -0.39 is 5.69 Å². The van der Waals surface area contributed by atoms with E-state index in [9.17, 15) is 19.5 Å². The Labute approximate surface area is 191 Å². The van der Waals surface area contributed by atoms with Crippen molar-refractivity contribution in [2.24, 2.45) is 0 Å². The van der Waals surface area contributed by atoms with Crippen molar-refractivity contribution in [3.05, 3.63) is 70.1 Å². The second kappa shape index (κ2) is 9.28. The van der Waals surface area contributed by atoms with Gasteiger partial charge in [-0.25, -0.2) is 4.79 Å². The molecule has 1 unspecified atom stereocenters. The van der Waals surface area contributed by atoms with Gasteiger partial charge in [-0.15, -0.1) is 0 Å². The summed E-state index contributed by atoms with van der Waals surface area (Å²) in [5.41, 5.74) is 3.10. The van der Waals surface area contributed by atoms with Crippen molar-refractivity contribution in [2.45, 2.75) is 32.7 Å². The number of hydrogen-bond donors (Lipinski definition) is 3. The summed E-state index contributed by atoms with van der Waals surface area (Å²) in [5.74, 6) is 0.0422. The lowest BCUT2D eigenvalue weighted by Crippen LogP contribution is -2.38. The third kappa shape index (κ3) is 4.95. The Morgan fingerprint density at radius 3 is 2.76 bits per heavy atom. The van der Waals surface area contributed by atoms with Crippen molar-refractivity contribution >= 4 is 11.8 Å². The van der Waals surface area contributed by atoms with Crippen molar-refractivity contribution in [1.82, 2.24) is 20.2 Å². The van der Waals surface area contributed by atoms with Crippen molar-refractivity contribution < 1.29 is 14.7 Å². The highest BCUT2D eigenvalue weighted by Crippen LogP contribution is 2.26. The average molecular weight is 447 g/mol. The Bertz CT molecular complexity index is 1270. The van der Waals surface area contributed by atoms with Crippen LogP contribution in [0.3, 0.4) is 0 Å². The van der Waals surface area contributed by atoms with Crippen LogP contribution in [0.5, 0.6) is 5.75 Å². The van der Waals surface area contributed by atoms with Crippen LogP contribution in [0, 0.1) is 6.92 Å². The van der Waals surface area contributed by atoms with Crippen LogP contribution in [-0.2, 0) is 4.79 Å². The molecule has 1 fully saturated rings. The lowest BCUT2D eigenvalue weighted by atomic mass is 10.0. The minimum Gasteiger partial charge on any atom is -0.508 e. The summed E-state index contributed by atoms with van der Waals surface area (Å²) >= 11 is 0. The maximum atomic E-state index is 13.1. The lowest BCUT2D eigenvalue weighted by Gasteiger charge is -2.17. The Hall–Kier alpha value is -3.94. The lowest BCUT2D eigenvalue weighted by molar-refractivity contribution is -0.121. The molecular weight excluding hydrogens is 420 g/mol. The van der Waals surface area contributed by atoms with E-state index in [1.54, 1.807) is 67.3 Å². The van der Waals surface area contributed by atoms with Crippen LogP contribution in [0.2, 0.25) is 0 Å². The Kier molecular flexibility index (Phi) is 6.26. The number of phenols is 1. The zero-order chi connectivity index (χ0) is 23.5. The van der Waals surface area contributed by atoms with Gasteiger partial charge >= 0.3 is 5.69 Å². The summed E-state index contributed by atoms with van der Waals surface area (Å²) in [6.07, 6.45) is 1.14. The van der Waals surface area contributed by atoms with Gasteiger partial charge in [0.15, 0.2) is 0 Å². The van der Waals surface area contributed by atoms with Gasteiger partial charge in [-0.1, -0.05) is 19.1 Å². The van der Waals surface area contributed by atoms with E-state index in [2.05, 4.69) is 15.3 Å². The zero-order valence-electron chi connectivity index (χ0n) is 18.6. The third-order valence-electron chi connectivity index (χ3n) is 5.82. The molecule has 4 rings (SSSR count). The van der Waals surface area contributed by atoms with Crippen LogP contribution in [0.4, 0.5) is 0 Å². The fourth-order valence-corrected chi connectivity index (χ4v) is 3.97. The van der Waals surface area contributed by atoms with Crippen molar-refractivity contribution in [3.63, 3.8) is 0 Å². The Balaban J connectivity index is 1.58. The van der Waals surface area contributed by atoms with Gasteiger partial charge in [0, 0.05) is 36.7 Å². The van der Waals surface area contributed by atoms with Crippen LogP contribution in [0.1, 0.15) is 35.7 Å². The highest BCUT2D eigenvalue weighted by atomic mass is 16.3. The molecule has 2 heterocycles. The average Bonchev–Trinajstić information content (AvgIpc) is 3.28. The molecule has 2 amide bonds. The first-order valence-electron chi connectivity index (χ1n) is 10.9. The quantitative estimate of drug-likeness (QED) is 0.557. The molecule has 0 radical (unpaired) electrons. The number of aromatic amines is 1. The predicted molar refractivity (Wildman–Crippen MR) is 125 cm³/mol. The summed E-state index contributed by atoms with van der Waals surface area (Å²) in [4.78, 5) is 45.5. The fraction of sp³-hybridized carbons (Fsp3) is 0.280. The molecule has 1 saturated heterocycles. The van der Waals surface area contributed by atoms with E-state index in [4.69, 9.17) is 0 Å². The third-order valence-corrected chi connectivity index (χ3v) is 5.82. The molecule has 1 aromatic heterocycles. The SMILES string of the molecule is CCC(=O)NC1CCN(C(=O)c2cccc(-c3cc(-c4ccc(O)c(C)c4)[nH]c(=O)n3)c2)C1. The number of phenolic OH excluding ortho intramolecular Hbond substituents is 1. The Morgan fingerprint density at radius 1 is 1.18 bits per heavy atom. The summed E-state index contributed by atoms with van der Waals surface area (Å²) < 4.78 is 0. The van der Waals surface area contributed by atoms with E-state index in [1.807, 2.05) is 0 Å². The molecule has 8 nitrogen and oxygen atoms in total. The molecule has 33 heavy (non-hydrogen) atoms. The van der Waals surface area contributed by atoms with Gasteiger partial charge in [0.05, 0.1) is 11.4 Å². The number of rotatable bonds is 5. The minimum absolute atomic E-state index is 0.0173. The number of aromatic nitrogens is 2. The maximum Gasteiger partial charge on any atom is 0.345 e. The van der Waals surface area contributed by atoms with Crippen molar-refractivity contribution in [3.8, 4) is 28.3 Å². The number of aromatic hydroxyl groups is 1. The molecule has 0 bridgehead atoms. The van der Waals surface area contributed by atoms with Gasteiger partial charge < -0.3 is 20.3 Å². The molecular formula is C25H26N4O4.